The number of aliphatic hydroxyl groups excluding tert-OH is 1. The van der Waals surface area contributed by atoms with E-state index >= 15 is 0 Å². The molecule has 3 rings (SSSR count). The fourth-order valence-corrected chi connectivity index (χ4v) is 3.55. The van der Waals surface area contributed by atoms with Gasteiger partial charge in [0.1, 0.15) is 0 Å². The van der Waals surface area contributed by atoms with Crippen LogP contribution in [0.5, 0.6) is 0 Å². The lowest BCUT2D eigenvalue weighted by Gasteiger charge is -2.20. The highest BCUT2D eigenvalue weighted by atomic mass is 16.3. The largest absolute Gasteiger partial charge is 0.396 e. The van der Waals surface area contributed by atoms with Crippen LogP contribution in [-0.2, 0) is 11.2 Å². The van der Waals surface area contributed by atoms with Crippen molar-refractivity contribution in [3.8, 4) is 0 Å². The van der Waals surface area contributed by atoms with Gasteiger partial charge in [-0.3, -0.25) is 4.79 Å². The predicted octanol–water partition coefficient (Wildman–Crippen LogP) is -0.0879. The van der Waals surface area contributed by atoms with Crippen molar-refractivity contribution in [1.29, 1.82) is 0 Å². The monoisotopic (exact) mass is 346 g/mol. The van der Waals surface area contributed by atoms with E-state index in [1.807, 2.05) is 38.9 Å². The quantitative estimate of drug-likeness (QED) is 0.814. The highest BCUT2D eigenvalue weighted by Gasteiger charge is 2.35. The molecule has 0 aliphatic carbocycles. The molecule has 0 radical (unpaired) electrons. The molecule has 3 heterocycles. The van der Waals surface area contributed by atoms with Gasteiger partial charge in [0, 0.05) is 43.5 Å². The van der Waals surface area contributed by atoms with E-state index in [0.717, 1.165) is 17.9 Å². The van der Waals surface area contributed by atoms with Crippen molar-refractivity contribution < 1.29 is 9.90 Å². The van der Waals surface area contributed by atoms with E-state index in [-0.39, 0.29) is 24.9 Å². The first-order chi connectivity index (χ1) is 11.9. The molecule has 1 N–H and O–H groups in total. The van der Waals surface area contributed by atoms with E-state index in [9.17, 15) is 9.90 Å². The highest BCUT2D eigenvalue weighted by Crippen LogP contribution is 2.24. The zero-order valence-corrected chi connectivity index (χ0v) is 15.3. The Morgan fingerprint density at radius 2 is 2.00 bits per heavy atom. The van der Waals surface area contributed by atoms with Crippen LogP contribution in [0, 0.1) is 25.7 Å². The average Bonchev–Trinajstić information content (AvgIpc) is 3.10. The Balaban J connectivity index is 1.71. The second-order valence-electron chi connectivity index (χ2n) is 7.22. The summed E-state index contributed by atoms with van der Waals surface area (Å²) in [4.78, 5) is 25.3. The summed E-state index contributed by atoms with van der Waals surface area (Å²) in [7, 11) is 4.02. The number of hydrogen-bond acceptors (Lipinski definition) is 6. The zero-order chi connectivity index (χ0) is 18.1. The average molecular weight is 346 g/mol. The first-order valence-corrected chi connectivity index (χ1v) is 8.60. The molecule has 0 spiro atoms. The number of likely N-dealkylation sites (tertiary alicyclic amines) is 1. The van der Waals surface area contributed by atoms with Crippen LogP contribution in [0.1, 0.15) is 17.2 Å². The van der Waals surface area contributed by atoms with Crippen LogP contribution in [0.3, 0.4) is 0 Å². The summed E-state index contributed by atoms with van der Waals surface area (Å²) in [5.41, 5.74) is 1.83. The Labute approximate surface area is 147 Å². The molecule has 1 aliphatic rings. The second-order valence-corrected chi connectivity index (χ2v) is 7.22. The lowest BCUT2D eigenvalue weighted by molar-refractivity contribution is -0.129. The summed E-state index contributed by atoms with van der Waals surface area (Å²) in [5, 5.41) is 14.0. The van der Waals surface area contributed by atoms with Gasteiger partial charge < -0.3 is 14.9 Å². The smallest absolute Gasteiger partial charge is 0.252 e. The summed E-state index contributed by atoms with van der Waals surface area (Å²) in [5.74, 6) is 1.45. The van der Waals surface area contributed by atoms with Crippen molar-refractivity contribution in [3.63, 3.8) is 0 Å². The van der Waals surface area contributed by atoms with Crippen LogP contribution in [0.2, 0.25) is 0 Å². The molecular formula is C17H26N6O2. The first-order valence-electron chi connectivity index (χ1n) is 8.60. The topological polar surface area (TPSA) is 86.9 Å². The number of carbonyl (C=O) groups is 1. The molecule has 2 aromatic rings. The van der Waals surface area contributed by atoms with Gasteiger partial charge in [0.05, 0.1) is 6.42 Å². The molecule has 0 aromatic carbocycles. The molecule has 8 nitrogen and oxygen atoms in total. The van der Waals surface area contributed by atoms with Gasteiger partial charge in [0.25, 0.3) is 5.78 Å². The van der Waals surface area contributed by atoms with Crippen molar-refractivity contribution in [2.45, 2.75) is 20.3 Å². The number of rotatable bonds is 5. The minimum atomic E-state index is 0.00462. The summed E-state index contributed by atoms with van der Waals surface area (Å²) in [6.45, 7) is 6.10. The van der Waals surface area contributed by atoms with E-state index in [1.165, 1.54) is 0 Å². The maximum Gasteiger partial charge on any atom is 0.252 e. The standard InChI is InChI=1S/C17H26N6O2/c1-11-5-12(2)23-17(18-11)19-15(20-23)6-16(25)22-8-13(7-21(3)4)14(9-22)10-24/h5,13-14,24H,6-10H2,1-4H3/t13-,14-/m1/s1. The third kappa shape index (κ3) is 3.80. The Bertz CT molecular complexity index is 772. The van der Waals surface area contributed by atoms with Gasteiger partial charge in [-0.25, -0.2) is 9.50 Å². The maximum atomic E-state index is 12.7. The highest BCUT2D eigenvalue weighted by molar-refractivity contribution is 5.78. The van der Waals surface area contributed by atoms with Crippen molar-refractivity contribution in [1.82, 2.24) is 29.4 Å². The van der Waals surface area contributed by atoms with Crippen molar-refractivity contribution in [3.05, 3.63) is 23.3 Å². The molecule has 2 atom stereocenters. The van der Waals surface area contributed by atoms with Gasteiger partial charge in [-0.2, -0.15) is 4.98 Å². The molecule has 0 unspecified atom stereocenters. The Morgan fingerprint density at radius 1 is 1.28 bits per heavy atom. The Kier molecular flexibility index (Phi) is 5.01. The van der Waals surface area contributed by atoms with Crippen LogP contribution in [0.4, 0.5) is 0 Å². The molecular weight excluding hydrogens is 320 g/mol. The van der Waals surface area contributed by atoms with Crippen LogP contribution in [0.15, 0.2) is 6.07 Å². The Hall–Kier alpha value is -2.06. The Morgan fingerprint density at radius 3 is 2.68 bits per heavy atom. The van der Waals surface area contributed by atoms with E-state index < -0.39 is 0 Å². The molecule has 1 amide bonds. The number of aromatic nitrogens is 4. The van der Waals surface area contributed by atoms with Crippen molar-refractivity contribution in [2.24, 2.45) is 11.8 Å². The van der Waals surface area contributed by atoms with E-state index in [0.29, 0.717) is 30.6 Å². The third-order valence-corrected chi connectivity index (χ3v) is 4.73. The molecule has 8 heteroatoms. The van der Waals surface area contributed by atoms with Gasteiger partial charge in [0.15, 0.2) is 5.82 Å². The maximum absolute atomic E-state index is 12.7. The molecule has 1 saturated heterocycles. The summed E-state index contributed by atoms with van der Waals surface area (Å²) in [6.07, 6.45) is 0.161. The second kappa shape index (κ2) is 7.05. The zero-order valence-electron chi connectivity index (χ0n) is 15.3. The molecule has 1 aliphatic heterocycles. The van der Waals surface area contributed by atoms with Crippen LogP contribution in [0.25, 0.3) is 5.78 Å². The van der Waals surface area contributed by atoms with Gasteiger partial charge in [-0.15, -0.1) is 5.10 Å². The number of hydrogen-bond donors (Lipinski definition) is 1. The van der Waals surface area contributed by atoms with E-state index in [4.69, 9.17) is 0 Å². The number of aryl methyl sites for hydroxylation is 2. The molecule has 0 bridgehead atoms. The fourth-order valence-electron chi connectivity index (χ4n) is 3.55. The third-order valence-electron chi connectivity index (χ3n) is 4.73. The molecule has 136 valence electrons. The lowest BCUT2D eigenvalue weighted by Crippen LogP contribution is -2.32. The van der Waals surface area contributed by atoms with E-state index in [2.05, 4.69) is 20.0 Å². The van der Waals surface area contributed by atoms with Gasteiger partial charge in [0.2, 0.25) is 5.91 Å². The summed E-state index contributed by atoms with van der Waals surface area (Å²) in [6, 6.07) is 1.94. The predicted molar refractivity (Wildman–Crippen MR) is 93.2 cm³/mol. The number of amides is 1. The molecule has 2 aromatic heterocycles. The van der Waals surface area contributed by atoms with Gasteiger partial charge in [-0.1, -0.05) is 0 Å². The lowest BCUT2D eigenvalue weighted by atomic mass is 9.97. The van der Waals surface area contributed by atoms with Crippen molar-refractivity contribution >= 4 is 11.7 Å². The number of fused-ring (bicyclic) bond motifs is 1. The van der Waals surface area contributed by atoms with E-state index in [1.54, 1.807) is 4.52 Å². The number of carbonyl (C=O) groups excluding carboxylic acids is 1. The fraction of sp³-hybridized carbons (Fsp3) is 0.647. The van der Waals surface area contributed by atoms with Crippen LogP contribution in [-0.4, -0.2) is 80.7 Å². The van der Waals surface area contributed by atoms with Crippen LogP contribution >= 0.6 is 0 Å². The minimum absolute atomic E-state index is 0.00462. The SMILES string of the molecule is Cc1cc(C)n2nc(CC(=O)N3C[C@@H](CN(C)C)[C@@H](CO)C3)nc2n1. The van der Waals surface area contributed by atoms with Gasteiger partial charge >= 0.3 is 0 Å². The van der Waals surface area contributed by atoms with Gasteiger partial charge in [-0.05, 0) is 39.9 Å². The minimum Gasteiger partial charge on any atom is -0.396 e. The van der Waals surface area contributed by atoms with Crippen LogP contribution < -0.4 is 0 Å². The summed E-state index contributed by atoms with van der Waals surface area (Å²) < 4.78 is 1.67. The summed E-state index contributed by atoms with van der Waals surface area (Å²) >= 11 is 0. The first kappa shape index (κ1) is 17.8. The number of aliphatic hydroxyl groups is 1. The molecule has 1 fully saturated rings. The van der Waals surface area contributed by atoms with Crippen molar-refractivity contribution in [2.75, 3.05) is 40.3 Å². The normalized spacial score (nSPS) is 20.8. The number of nitrogens with zero attached hydrogens (tertiary/aromatic N) is 6. The molecule has 0 saturated carbocycles. The molecule has 25 heavy (non-hydrogen) atoms.